The van der Waals surface area contributed by atoms with Gasteiger partial charge in [0.2, 0.25) is 0 Å². The lowest BCUT2D eigenvalue weighted by Crippen LogP contribution is -2.41. The second-order valence-corrected chi connectivity index (χ2v) is 17.5. The van der Waals surface area contributed by atoms with E-state index in [0.717, 1.165) is 0 Å². The van der Waals surface area contributed by atoms with Crippen molar-refractivity contribution in [3.8, 4) is 22.3 Å². The number of rotatable bonds is 4. The minimum Gasteiger partial charge on any atom is -0.0679 e. The lowest BCUT2D eigenvalue weighted by atomic mass is 9.80. The normalized spacial score (nSPS) is 19.7. The summed E-state index contributed by atoms with van der Waals surface area (Å²) in [6.45, 7) is 17.3. The molecule has 3 aliphatic rings. The summed E-state index contributed by atoms with van der Waals surface area (Å²) in [5.74, 6) is 0. The molecule has 0 saturated carbocycles. The monoisotopic (exact) mass is 514 g/mol. The Morgan fingerprint density at radius 1 is 0.632 bits per heavy atom. The molecule has 0 bridgehead atoms. The predicted octanol–water partition coefficient (Wildman–Crippen LogP) is 10.7. The van der Waals surface area contributed by atoms with E-state index in [2.05, 4.69) is 114 Å². The molecule has 38 heavy (non-hydrogen) atoms. The Bertz CT molecular complexity index is 1500. The van der Waals surface area contributed by atoms with Gasteiger partial charge in [0, 0.05) is 5.54 Å². The van der Waals surface area contributed by atoms with Crippen LogP contribution in [0.2, 0.25) is 18.6 Å². The summed E-state index contributed by atoms with van der Waals surface area (Å²) >= 11 is 0. The summed E-state index contributed by atoms with van der Waals surface area (Å²) in [7, 11) is -1.79. The summed E-state index contributed by atoms with van der Waals surface area (Å²) in [4.78, 5) is 0. The number of allylic oxidation sites excluding steroid dienone is 5. The Morgan fingerprint density at radius 2 is 1.21 bits per heavy atom. The number of hydrogen-bond acceptors (Lipinski definition) is 0. The highest BCUT2D eigenvalue weighted by Crippen LogP contribution is 2.56. The summed E-state index contributed by atoms with van der Waals surface area (Å²) in [6, 6.07) is 22.7. The molecule has 194 valence electrons. The highest BCUT2D eigenvalue weighted by atomic mass is 28.3. The maximum Gasteiger partial charge on any atom is 0.0717 e. The number of fused-ring (bicyclic) bond motifs is 3. The molecule has 0 fully saturated rings. The summed E-state index contributed by atoms with van der Waals surface area (Å²) < 4.78 is 0. The first-order chi connectivity index (χ1) is 18.2. The van der Waals surface area contributed by atoms with Crippen LogP contribution in [0.15, 0.2) is 88.5 Å². The second-order valence-electron chi connectivity index (χ2n) is 12.7. The van der Waals surface area contributed by atoms with Crippen molar-refractivity contribution in [3.63, 3.8) is 0 Å². The first-order valence-electron chi connectivity index (χ1n) is 14.6. The van der Waals surface area contributed by atoms with Gasteiger partial charge in [0.25, 0.3) is 0 Å². The van der Waals surface area contributed by atoms with Crippen LogP contribution in [0, 0.1) is 0 Å². The van der Waals surface area contributed by atoms with E-state index in [0.29, 0.717) is 11.1 Å². The Hall–Kier alpha value is -2.90. The van der Waals surface area contributed by atoms with Crippen LogP contribution in [0.4, 0.5) is 0 Å². The molecule has 6 rings (SSSR count). The zero-order chi connectivity index (χ0) is 26.8. The zero-order valence-electron chi connectivity index (χ0n) is 24.3. The van der Waals surface area contributed by atoms with Crippen LogP contribution in [0.1, 0.15) is 75.3 Å². The molecule has 0 aromatic heterocycles. The van der Waals surface area contributed by atoms with Crippen LogP contribution in [0.3, 0.4) is 0 Å². The molecule has 1 heteroatoms. The quantitative estimate of drug-likeness (QED) is 0.304. The molecule has 3 aliphatic carbocycles. The van der Waals surface area contributed by atoms with E-state index >= 15 is 0 Å². The van der Waals surface area contributed by atoms with E-state index in [1.165, 1.54) is 59.1 Å². The molecule has 0 aliphatic heterocycles. The maximum atomic E-state index is 2.67. The van der Waals surface area contributed by atoms with Gasteiger partial charge in [0.05, 0.1) is 8.07 Å². The molecule has 0 heterocycles. The van der Waals surface area contributed by atoms with E-state index in [1.807, 2.05) is 0 Å². The molecule has 1 atom stereocenters. The van der Waals surface area contributed by atoms with Gasteiger partial charge in [-0.2, -0.15) is 0 Å². The molecular formula is C37H42Si. The van der Waals surface area contributed by atoms with Crippen molar-refractivity contribution < 1.29 is 0 Å². The molecule has 3 aromatic carbocycles. The third kappa shape index (κ3) is 3.77. The molecule has 0 saturated heterocycles. The van der Waals surface area contributed by atoms with E-state index in [4.69, 9.17) is 0 Å². The Labute approximate surface area is 231 Å². The molecule has 0 N–H and O–H groups in total. The second kappa shape index (κ2) is 9.38. The van der Waals surface area contributed by atoms with Crippen molar-refractivity contribution >= 4 is 14.1 Å². The van der Waals surface area contributed by atoms with Gasteiger partial charge in [-0.05, 0) is 128 Å². The highest BCUT2D eigenvalue weighted by Gasteiger charge is 2.47. The fourth-order valence-corrected chi connectivity index (χ4v) is 13.7. The lowest BCUT2D eigenvalue weighted by Gasteiger charge is -2.40. The summed E-state index contributed by atoms with van der Waals surface area (Å²) in [6.07, 6.45) is 7.62. The van der Waals surface area contributed by atoms with Gasteiger partial charge < -0.3 is 0 Å². The van der Waals surface area contributed by atoms with Crippen LogP contribution < -0.4 is 0 Å². The van der Waals surface area contributed by atoms with Crippen LogP contribution >= 0.6 is 0 Å². The minimum absolute atomic E-state index is 0.556. The SMILES string of the molecule is CC1=Cc2c(cc(-c3ccccc3-c3ccccc3)c3c2CCCC3)C1[Si](C)(C)C1C(C)=C(C)C(C)=C1C. The third-order valence-electron chi connectivity index (χ3n) is 10.3. The highest BCUT2D eigenvalue weighted by molar-refractivity contribution is 6.82. The Balaban J connectivity index is 1.57. The third-order valence-corrected chi connectivity index (χ3v) is 14.9. The Kier molecular flexibility index (Phi) is 6.27. The number of hydrogen-bond donors (Lipinski definition) is 0. The molecule has 0 spiro atoms. The van der Waals surface area contributed by atoms with E-state index in [9.17, 15) is 0 Å². The maximum absolute atomic E-state index is 2.67. The topological polar surface area (TPSA) is 0 Å². The fourth-order valence-electron chi connectivity index (χ4n) is 8.41. The number of benzene rings is 3. The van der Waals surface area contributed by atoms with Crippen molar-refractivity contribution in [3.05, 3.63) is 111 Å². The first kappa shape index (κ1) is 25.4. The van der Waals surface area contributed by atoms with Crippen molar-refractivity contribution in [1.82, 2.24) is 0 Å². The largest absolute Gasteiger partial charge is 0.0717 e. The van der Waals surface area contributed by atoms with Crippen molar-refractivity contribution in [2.24, 2.45) is 0 Å². The molecule has 0 amide bonds. The Morgan fingerprint density at radius 3 is 1.87 bits per heavy atom. The van der Waals surface area contributed by atoms with Gasteiger partial charge in [0.15, 0.2) is 0 Å². The van der Waals surface area contributed by atoms with Gasteiger partial charge in [-0.3, -0.25) is 0 Å². The first-order valence-corrected chi connectivity index (χ1v) is 17.7. The van der Waals surface area contributed by atoms with Gasteiger partial charge in [-0.1, -0.05) is 90.5 Å². The van der Waals surface area contributed by atoms with Crippen molar-refractivity contribution in [2.75, 3.05) is 0 Å². The van der Waals surface area contributed by atoms with Crippen LogP contribution in [0.5, 0.6) is 0 Å². The van der Waals surface area contributed by atoms with Gasteiger partial charge >= 0.3 is 0 Å². The summed E-state index contributed by atoms with van der Waals surface area (Å²) in [5, 5.41) is 0. The average Bonchev–Trinajstić information content (AvgIpc) is 3.37. The summed E-state index contributed by atoms with van der Waals surface area (Å²) in [5.41, 5.74) is 21.2. The molecule has 3 aromatic rings. The minimum atomic E-state index is -1.79. The van der Waals surface area contributed by atoms with E-state index < -0.39 is 8.07 Å². The fraction of sp³-hybridized carbons (Fsp3) is 0.351. The van der Waals surface area contributed by atoms with Crippen LogP contribution in [-0.4, -0.2) is 8.07 Å². The van der Waals surface area contributed by atoms with Crippen LogP contribution in [-0.2, 0) is 12.8 Å². The van der Waals surface area contributed by atoms with Gasteiger partial charge in [0.1, 0.15) is 0 Å². The molecule has 0 radical (unpaired) electrons. The van der Waals surface area contributed by atoms with Crippen LogP contribution in [0.25, 0.3) is 28.3 Å². The molecular weight excluding hydrogens is 472 g/mol. The zero-order valence-corrected chi connectivity index (χ0v) is 25.3. The molecule has 1 unspecified atom stereocenters. The van der Waals surface area contributed by atoms with Crippen molar-refractivity contribution in [1.29, 1.82) is 0 Å². The van der Waals surface area contributed by atoms with Gasteiger partial charge in [-0.15, -0.1) is 0 Å². The van der Waals surface area contributed by atoms with Gasteiger partial charge in [-0.25, -0.2) is 0 Å². The lowest BCUT2D eigenvalue weighted by molar-refractivity contribution is 0.685. The van der Waals surface area contributed by atoms with E-state index in [1.54, 1.807) is 39.0 Å². The van der Waals surface area contributed by atoms with E-state index in [-0.39, 0.29) is 0 Å². The predicted molar refractivity (Wildman–Crippen MR) is 168 cm³/mol. The standard InChI is InChI=1S/C37H42Si/c1-23-21-33-31-19-13-14-20-32(31)34(30-18-12-11-17-29(30)28-15-9-8-10-16-28)22-35(33)36(23)38(6,7)37-26(4)24(2)25(3)27(37)5/h8-12,15-18,21-22,36-37H,13-14,19-20H2,1-7H3. The van der Waals surface area contributed by atoms with Crippen molar-refractivity contribution in [2.45, 2.75) is 84.5 Å². The smallest absolute Gasteiger partial charge is 0.0679 e. The molecule has 0 nitrogen and oxygen atoms in total. The average molecular weight is 515 g/mol.